The van der Waals surface area contributed by atoms with E-state index < -0.39 is 5.92 Å². The molecule has 1 unspecified atom stereocenters. The van der Waals surface area contributed by atoms with Gasteiger partial charge in [0.1, 0.15) is 11.7 Å². The van der Waals surface area contributed by atoms with E-state index in [0.717, 1.165) is 12.8 Å². The van der Waals surface area contributed by atoms with Crippen LogP contribution in [0.1, 0.15) is 76.5 Å². The SMILES string of the molecule is CCCCCCCCCCC(C(=O)OC)c1ncc(O)[nH]1.[NaH]. The molecule has 6 heteroatoms. The molecule has 0 bridgehead atoms. The van der Waals surface area contributed by atoms with E-state index in [1.807, 2.05) is 0 Å². The molecule has 1 atom stereocenters. The van der Waals surface area contributed by atoms with Crippen LogP contribution >= 0.6 is 0 Å². The van der Waals surface area contributed by atoms with Crippen molar-refractivity contribution in [3.05, 3.63) is 12.0 Å². The molecule has 22 heavy (non-hydrogen) atoms. The summed E-state index contributed by atoms with van der Waals surface area (Å²) in [5.41, 5.74) is 0. The first-order valence-corrected chi connectivity index (χ1v) is 8.00. The summed E-state index contributed by atoms with van der Waals surface area (Å²) >= 11 is 0. The Morgan fingerprint density at radius 2 is 1.82 bits per heavy atom. The Balaban J connectivity index is 0.00000441. The second-order valence-corrected chi connectivity index (χ2v) is 5.49. The zero-order valence-electron chi connectivity index (χ0n) is 13.2. The summed E-state index contributed by atoms with van der Waals surface area (Å²) in [6, 6.07) is 0. The Bertz CT molecular complexity index is 410. The van der Waals surface area contributed by atoms with Crippen molar-refractivity contribution >= 4 is 35.5 Å². The maximum absolute atomic E-state index is 11.8. The molecule has 0 saturated heterocycles. The van der Waals surface area contributed by atoms with Gasteiger partial charge in [0.2, 0.25) is 5.88 Å². The van der Waals surface area contributed by atoms with Gasteiger partial charge in [0.25, 0.3) is 0 Å². The Morgan fingerprint density at radius 3 is 2.32 bits per heavy atom. The number of carbonyl (C=O) groups is 1. The van der Waals surface area contributed by atoms with Crippen LogP contribution in [0.2, 0.25) is 0 Å². The second-order valence-electron chi connectivity index (χ2n) is 5.49. The molecule has 0 aromatic carbocycles. The molecule has 0 aliphatic carbocycles. The van der Waals surface area contributed by atoms with Gasteiger partial charge in [-0.3, -0.25) is 4.79 Å². The van der Waals surface area contributed by atoms with Crippen molar-refractivity contribution in [3.8, 4) is 5.88 Å². The maximum atomic E-state index is 11.8. The third kappa shape index (κ3) is 8.20. The predicted octanol–water partition coefficient (Wildman–Crippen LogP) is 3.25. The molecule has 0 radical (unpaired) electrons. The topological polar surface area (TPSA) is 75.2 Å². The number of aromatic nitrogens is 2. The van der Waals surface area contributed by atoms with Crippen molar-refractivity contribution in [2.75, 3.05) is 7.11 Å². The number of aromatic hydroxyl groups is 1. The summed E-state index contributed by atoms with van der Waals surface area (Å²) in [5, 5.41) is 9.30. The predicted molar refractivity (Wildman–Crippen MR) is 89.4 cm³/mol. The number of hydrogen-bond acceptors (Lipinski definition) is 4. The fourth-order valence-electron chi connectivity index (χ4n) is 2.49. The van der Waals surface area contributed by atoms with Gasteiger partial charge in [-0.2, -0.15) is 0 Å². The van der Waals surface area contributed by atoms with Crippen LogP contribution in [0.15, 0.2) is 6.20 Å². The molecule has 122 valence electrons. The zero-order chi connectivity index (χ0) is 15.5. The zero-order valence-corrected chi connectivity index (χ0v) is 13.2. The standard InChI is InChI=1S/C16H28N2O3.Na.H/c1-3-4-5-6-7-8-9-10-11-13(16(20)21-2)15-17-12-14(19)18-15;;/h12-13,19H,3-11H2,1-2H3,(H,17,18);;. The van der Waals surface area contributed by atoms with E-state index in [2.05, 4.69) is 16.9 Å². The van der Waals surface area contributed by atoms with Crippen LogP contribution < -0.4 is 0 Å². The molecule has 0 spiro atoms. The summed E-state index contributed by atoms with van der Waals surface area (Å²) in [7, 11) is 1.38. The first kappa shape index (κ1) is 21.5. The van der Waals surface area contributed by atoms with Gasteiger partial charge in [-0.1, -0.05) is 58.3 Å². The second kappa shape index (κ2) is 13.0. The molecule has 1 aromatic rings. The van der Waals surface area contributed by atoms with E-state index in [1.54, 1.807) is 0 Å². The molecular weight excluding hydrogens is 291 g/mol. The fraction of sp³-hybridized carbons (Fsp3) is 0.750. The molecule has 0 aliphatic rings. The summed E-state index contributed by atoms with van der Waals surface area (Å²) in [6.45, 7) is 2.22. The molecule has 1 heterocycles. The summed E-state index contributed by atoms with van der Waals surface area (Å²) in [5.74, 6) is -0.236. The van der Waals surface area contributed by atoms with Gasteiger partial charge in [0.15, 0.2) is 0 Å². The van der Waals surface area contributed by atoms with Crippen LogP contribution in [0, 0.1) is 0 Å². The summed E-state index contributed by atoms with van der Waals surface area (Å²) < 4.78 is 4.82. The van der Waals surface area contributed by atoms with Crippen LogP contribution in [0.4, 0.5) is 0 Å². The Hall–Kier alpha value is -0.520. The number of esters is 1. The van der Waals surface area contributed by atoms with Gasteiger partial charge in [-0.05, 0) is 6.42 Å². The minimum absolute atomic E-state index is 0. The minimum atomic E-state index is -0.406. The fourth-order valence-corrected chi connectivity index (χ4v) is 2.49. The van der Waals surface area contributed by atoms with Crippen molar-refractivity contribution in [2.45, 2.75) is 70.6 Å². The third-order valence-corrected chi connectivity index (χ3v) is 3.74. The number of hydrogen-bond donors (Lipinski definition) is 2. The monoisotopic (exact) mass is 320 g/mol. The van der Waals surface area contributed by atoms with Gasteiger partial charge in [0, 0.05) is 0 Å². The number of rotatable bonds is 11. The van der Waals surface area contributed by atoms with E-state index in [0.29, 0.717) is 12.2 Å². The molecule has 5 nitrogen and oxygen atoms in total. The van der Waals surface area contributed by atoms with Crippen molar-refractivity contribution in [1.82, 2.24) is 9.97 Å². The number of ether oxygens (including phenoxy) is 1. The van der Waals surface area contributed by atoms with E-state index in [4.69, 9.17) is 4.74 Å². The third-order valence-electron chi connectivity index (χ3n) is 3.74. The number of carbonyl (C=O) groups excluding carboxylic acids is 1. The van der Waals surface area contributed by atoms with E-state index >= 15 is 0 Å². The van der Waals surface area contributed by atoms with Crippen molar-refractivity contribution < 1.29 is 14.6 Å². The van der Waals surface area contributed by atoms with Crippen LogP contribution in [0.5, 0.6) is 5.88 Å². The van der Waals surface area contributed by atoms with Crippen LogP contribution in [0.25, 0.3) is 0 Å². The Kier molecular flexibility index (Phi) is 12.7. The van der Waals surface area contributed by atoms with Crippen molar-refractivity contribution in [3.63, 3.8) is 0 Å². The average molecular weight is 320 g/mol. The van der Waals surface area contributed by atoms with Crippen LogP contribution in [0.3, 0.4) is 0 Å². The number of nitrogens with zero attached hydrogens (tertiary/aromatic N) is 1. The Labute approximate surface area is 155 Å². The number of aromatic amines is 1. The molecule has 0 fully saturated rings. The first-order valence-electron chi connectivity index (χ1n) is 8.00. The molecular formula is C16H29N2NaO3. The van der Waals surface area contributed by atoms with Crippen molar-refractivity contribution in [2.24, 2.45) is 0 Å². The number of H-pyrrole nitrogens is 1. The molecule has 0 aliphatic heterocycles. The van der Waals surface area contributed by atoms with Gasteiger partial charge >= 0.3 is 35.5 Å². The average Bonchev–Trinajstić information content (AvgIpc) is 2.91. The first-order chi connectivity index (χ1) is 10.2. The van der Waals surface area contributed by atoms with E-state index in [9.17, 15) is 9.90 Å². The van der Waals surface area contributed by atoms with Gasteiger partial charge in [-0.25, -0.2) is 4.98 Å². The van der Waals surface area contributed by atoms with Crippen LogP contribution in [-0.2, 0) is 9.53 Å². The molecule has 1 rings (SSSR count). The quantitative estimate of drug-likeness (QED) is 0.373. The molecule has 1 aromatic heterocycles. The van der Waals surface area contributed by atoms with Crippen molar-refractivity contribution in [1.29, 1.82) is 0 Å². The number of nitrogens with one attached hydrogen (secondary N) is 1. The van der Waals surface area contributed by atoms with Gasteiger partial charge in [-0.15, -0.1) is 0 Å². The van der Waals surface area contributed by atoms with E-state index in [-0.39, 0.29) is 41.4 Å². The van der Waals surface area contributed by atoms with Gasteiger partial charge < -0.3 is 14.8 Å². The number of unbranched alkanes of at least 4 members (excludes halogenated alkanes) is 7. The molecule has 0 saturated carbocycles. The van der Waals surface area contributed by atoms with Crippen LogP contribution in [-0.4, -0.2) is 57.7 Å². The molecule has 2 N–H and O–H groups in total. The number of imidazole rings is 1. The summed E-state index contributed by atoms with van der Waals surface area (Å²) in [4.78, 5) is 18.5. The van der Waals surface area contributed by atoms with Gasteiger partial charge in [0.05, 0.1) is 13.3 Å². The summed E-state index contributed by atoms with van der Waals surface area (Å²) in [6.07, 6.45) is 11.8. The molecule has 0 amide bonds. The number of methoxy groups -OCH3 is 1. The van der Waals surface area contributed by atoms with E-state index in [1.165, 1.54) is 51.8 Å². The normalized spacial score (nSPS) is 11.7. The Morgan fingerprint density at radius 1 is 1.23 bits per heavy atom.